The van der Waals surface area contributed by atoms with Crippen molar-refractivity contribution in [3.63, 3.8) is 0 Å². The van der Waals surface area contributed by atoms with Gasteiger partial charge in [0, 0.05) is 55.0 Å². The lowest BCUT2D eigenvalue weighted by molar-refractivity contribution is 0.674. The number of fused-ring (bicyclic) bond motifs is 11. The van der Waals surface area contributed by atoms with Crippen molar-refractivity contribution in [1.82, 2.24) is 4.57 Å². The van der Waals surface area contributed by atoms with Gasteiger partial charge in [-0.25, -0.2) is 0 Å². The minimum Gasteiger partial charge on any atom is -0.455 e. The highest BCUT2D eigenvalue weighted by molar-refractivity contribution is 6.17. The van der Waals surface area contributed by atoms with Crippen LogP contribution in [-0.4, -0.2) is 4.57 Å². The number of para-hydroxylation sites is 5. The van der Waals surface area contributed by atoms with Gasteiger partial charge < -0.3 is 13.9 Å². The fraction of sp³-hybridized carbons (Fsp3) is 0. The second kappa shape index (κ2) is 15.7. The highest BCUT2D eigenvalue weighted by Crippen LogP contribution is 2.45. The molecule has 14 aromatic rings. The average Bonchev–Trinajstić information content (AvgIpc) is 3.98. The van der Waals surface area contributed by atoms with Crippen molar-refractivity contribution in [1.29, 1.82) is 0 Å². The highest BCUT2D eigenvalue weighted by Gasteiger charge is 2.21. The van der Waals surface area contributed by atoms with Gasteiger partial charge in [0.2, 0.25) is 0 Å². The van der Waals surface area contributed by atoms with Crippen LogP contribution in [0.25, 0.3) is 115 Å². The zero-order valence-corrected chi connectivity index (χ0v) is 37.6. The number of aromatic nitrogens is 1. The van der Waals surface area contributed by atoms with Crippen LogP contribution in [0.2, 0.25) is 0 Å². The molecule has 0 aliphatic heterocycles. The Kier molecular flexibility index (Phi) is 8.90. The van der Waals surface area contributed by atoms with E-state index in [9.17, 15) is 0 Å². The maximum Gasteiger partial charge on any atom is 0.143 e. The molecule has 3 heteroatoms. The Morgan fingerprint density at radius 2 is 0.768 bits per heavy atom. The minimum absolute atomic E-state index is 0.902. The number of furan rings is 1. The smallest absolute Gasteiger partial charge is 0.143 e. The molecule has 69 heavy (non-hydrogen) atoms. The molecule has 0 amide bonds. The predicted molar refractivity (Wildman–Crippen MR) is 292 cm³/mol. The van der Waals surface area contributed by atoms with Crippen LogP contribution in [0.4, 0.5) is 17.1 Å². The van der Waals surface area contributed by atoms with Crippen molar-refractivity contribution in [3.8, 4) is 39.1 Å². The summed E-state index contributed by atoms with van der Waals surface area (Å²) in [6, 6.07) is 92.5. The Morgan fingerprint density at radius 3 is 1.51 bits per heavy atom. The van der Waals surface area contributed by atoms with Gasteiger partial charge in [0.15, 0.2) is 0 Å². The van der Waals surface area contributed by atoms with E-state index in [1.165, 1.54) is 54.3 Å². The fourth-order valence-electron chi connectivity index (χ4n) is 10.9. The van der Waals surface area contributed by atoms with Gasteiger partial charge in [-0.1, -0.05) is 194 Å². The molecule has 0 aliphatic carbocycles. The first-order chi connectivity index (χ1) is 34.2. The number of benzene rings is 12. The first-order valence-corrected chi connectivity index (χ1v) is 23.7. The predicted octanol–water partition coefficient (Wildman–Crippen LogP) is 18.6. The van der Waals surface area contributed by atoms with E-state index in [1.54, 1.807) is 0 Å². The molecule has 0 saturated carbocycles. The van der Waals surface area contributed by atoms with E-state index >= 15 is 0 Å². The SMILES string of the molecule is c1ccc(N(c2ccc(-c3ccccc3-n3c4ccccc4c4ccccc43)cc2)c2ccc(-c3cccc4c3oc3c5ccccc5ccc43)cc2)c(-c2ccc3c(ccc4ccccc43)c2)c1. The number of anilines is 3. The number of rotatable bonds is 7. The number of hydrogen-bond acceptors (Lipinski definition) is 2. The second-order valence-corrected chi connectivity index (χ2v) is 18.0. The van der Waals surface area contributed by atoms with Gasteiger partial charge in [-0.05, 0) is 104 Å². The van der Waals surface area contributed by atoms with Crippen LogP contribution in [-0.2, 0) is 0 Å². The normalized spacial score (nSPS) is 11.8. The van der Waals surface area contributed by atoms with E-state index in [2.05, 4.69) is 264 Å². The molecule has 0 radical (unpaired) electrons. The Labute approximate surface area is 399 Å². The summed E-state index contributed by atoms with van der Waals surface area (Å²) in [4.78, 5) is 2.40. The topological polar surface area (TPSA) is 21.3 Å². The van der Waals surface area contributed by atoms with Gasteiger partial charge in [0.25, 0.3) is 0 Å². The molecule has 2 aromatic heterocycles. The van der Waals surface area contributed by atoms with Crippen molar-refractivity contribution in [2.24, 2.45) is 0 Å². The molecule has 0 saturated heterocycles. The third-order valence-electron chi connectivity index (χ3n) is 14.2. The van der Waals surface area contributed by atoms with Crippen LogP contribution in [0.15, 0.2) is 259 Å². The van der Waals surface area contributed by atoms with E-state index < -0.39 is 0 Å². The molecule has 0 spiro atoms. The van der Waals surface area contributed by atoms with Crippen molar-refractivity contribution in [2.75, 3.05) is 4.90 Å². The molecule has 0 unspecified atom stereocenters. The molecule has 0 N–H and O–H groups in total. The fourth-order valence-corrected chi connectivity index (χ4v) is 10.9. The third-order valence-corrected chi connectivity index (χ3v) is 14.2. The van der Waals surface area contributed by atoms with E-state index in [-0.39, 0.29) is 0 Å². The standard InChI is InChI=1S/C66H42N2O/c1-3-16-51-43(14-1)28-29-47-42-48(35-40-52(47)51)54-18-6-9-24-61(54)67(50-38-32-46(33-39-50)56-22-13-23-59-60-41-34-44-15-2-4-19-55(44)66(60)69-65(56)59)49-36-30-45(31-37-49)53-17-5-10-25-62(53)68-63-26-11-7-20-57(63)58-21-8-12-27-64(58)68/h1-42H. The Bertz CT molecular complexity index is 4260. The first kappa shape index (κ1) is 39.0. The van der Waals surface area contributed by atoms with Crippen molar-refractivity contribution in [2.45, 2.75) is 0 Å². The molecule has 2 heterocycles. The van der Waals surface area contributed by atoms with Crippen LogP contribution in [0.5, 0.6) is 0 Å². The number of nitrogens with zero attached hydrogens (tertiary/aromatic N) is 2. The molecular formula is C66H42N2O. The summed E-state index contributed by atoms with van der Waals surface area (Å²) >= 11 is 0. The third kappa shape index (κ3) is 6.29. The van der Waals surface area contributed by atoms with Crippen LogP contribution in [0.3, 0.4) is 0 Å². The molecule has 0 fully saturated rings. The molecule has 3 nitrogen and oxygen atoms in total. The molecule has 0 bridgehead atoms. The van der Waals surface area contributed by atoms with Crippen molar-refractivity contribution < 1.29 is 4.42 Å². The zero-order chi connectivity index (χ0) is 45.4. The van der Waals surface area contributed by atoms with E-state index in [0.717, 1.165) is 77.9 Å². The summed E-state index contributed by atoms with van der Waals surface area (Å²) in [6.07, 6.45) is 0. The minimum atomic E-state index is 0.902. The van der Waals surface area contributed by atoms with Crippen molar-refractivity contribution in [3.05, 3.63) is 255 Å². The first-order valence-electron chi connectivity index (χ1n) is 23.7. The van der Waals surface area contributed by atoms with Gasteiger partial charge in [0.1, 0.15) is 11.2 Å². The summed E-state index contributed by atoms with van der Waals surface area (Å²) in [7, 11) is 0. The molecular weight excluding hydrogens is 837 g/mol. The number of hydrogen-bond donors (Lipinski definition) is 0. The van der Waals surface area contributed by atoms with Gasteiger partial charge in [-0.3, -0.25) is 0 Å². The van der Waals surface area contributed by atoms with Gasteiger partial charge in [-0.15, -0.1) is 0 Å². The summed E-state index contributed by atoms with van der Waals surface area (Å²) in [6.45, 7) is 0. The summed E-state index contributed by atoms with van der Waals surface area (Å²) < 4.78 is 9.21. The Balaban J connectivity index is 0.911. The lowest BCUT2D eigenvalue weighted by atomic mass is 9.96. The average molecular weight is 879 g/mol. The summed E-state index contributed by atoms with van der Waals surface area (Å²) in [5.74, 6) is 0. The van der Waals surface area contributed by atoms with Gasteiger partial charge in [0.05, 0.1) is 22.4 Å². The van der Waals surface area contributed by atoms with Gasteiger partial charge in [-0.2, -0.15) is 0 Å². The summed E-state index contributed by atoms with van der Waals surface area (Å²) in [5, 5.41) is 12.0. The largest absolute Gasteiger partial charge is 0.455 e. The van der Waals surface area contributed by atoms with Crippen LogP contribution in [0, 0.1) is 0 Å². The zero-order valence-electron chi connectivity index (χ0n) is 37.6. The van der Waals surface area contributed by atoms with Crippen molar-refractivity contribution >= 4 is 93.1 Å². The molecule has 14 rings (SSSR count). The quantitative estimate of drug-likeness (QED) is 0.149. The van der Waals surface area contributed by atoms with E-state index in [1.807, 2.05) is 0 Å². The second-order valence-electron chi connectivity index (χ2n) is 18.0. The molecule has 322 valence electrons. The Hall–Kier alpha value is -9.18. The monoisotopic (exact) mass is 878 g/mol. The maximum atomic E-state index is 6.80. The lowest BCUT2D eigenvalue weighted by Gasteiger charge is -2.28. The molecule has 12 aromatic carbocycles. The van der Waals surface area contributed by atoms with E-state index in [0.29, 0.717) is 0 Å². The highest BCUT2D eigenvalue weighted by atomic mass is 16.3. The molecule has 0 aliphatic rings. The van der Waals surface area contributed by atoms with Crippen LogP contribution in [0.1, 0.15) is 0 Å². The van der Waals surface area contributed by atoms with Crippen LogP contribution >= 0.6 is 0 Å². The summed E-state index contributed by atoms with van der Waals surface area (Å²) in [5.41, 5.74) is 15.4. The maximum absolute atomic E-state index is 6.80. The molecule has 0 atom stereocenters. The van der Waals surface area contributed by atoms with Gasteiger partial charge >= 0.3 is 0 Å². The van der Waals surface area contributed by atoms with Crippen LogP contribution < -0.4 is 4.90 Å². The Morgan fingerprint density at radius 1 is 0.290 bits per heavy atom. The van der Waals surface area contributed by atoms with E-state index in [4.69, 9.17) is 4.42 Å². The lowest BCUT2D eigenvalue weighted by Crippen LogP contribution is -2.11.